The molecule has 0 spiro atoms. The zero-order valence-corrected chi connectivity index (χ0v) is 9.91. The molecule has 0 saturated heterocycles. The van der Waals surface area contributed by atoms with Gasteiger partial charge in [-0.3, -0.25) is 0 Å². The van der Waals surface area contributed by atoms with Crippen LogP contribution >= 0.6 is 0 Å². The van der Waals surface area contributed by atoms with E-state index < -0.39 is 0 Å². The third-order valence-corrected chi connectivity index (χ3v) is 2.88. The van der Waals surface area contributed by atoms with Crippen molar-refractivity contribution >= 4 is 10.9 Å². The highest BCUT2D eigenvalue weighted by atomic mass is 16.5. The van der Waals surface area contributed by atoms with E-state index >= 15 is 0 Å². The van der Waals surface area contributed by atoms with Crippen molar-refractivity contribution in [3.63, 3.8) is 0 Å². The van der Waals surface area contributed by atoms with Crippen LogP contribution in [0.15, 0.2) is 24.4 Å². The maximum atomic E-state index is 5.28. The van der Waals surface area contributed by atoms with Crippen LogP contribution in [0, 0.1) is 0 Å². The van der Waals surface area contributed by atoms with Crippen molar-refractivity contribution in [3.8, 4) is 5.75 Å². The summed E-state index contributed by atoms with van der Waals surface area (Å²) in [6.45, 7) is 2.07. The number of aromatic nitrogens is 1. The number of hydrogen-bond donors (Lipinski definition) is 1. The Morgan fingerprint density at radius 3 is 2.81 bits per heavy atom. The van der Waals surface area contributed by atoms with E-state index in [4.69, 9.17) is 9.47 Å². The van der Waals surface area contributed by atoms with Crippen LogP contribution in [0.4, 0.5) is 0 Å². The van der Waals surface area contributed by atoms with Crippen LogP contribution in [0.5, 0.6) is 5.75 Å². The summed E-state index contributed by atoms with van der Waals surface area (Å²) in [6.07, 6.45) is 3.17. The fourth-order valence-electron chi connectivity index (χ4n) is 1.85. The van der Waals surface area contributed by atoms with E-state index in [2.05, 4.69) is 18.0 Å². The van der Waals surface area contributed by atoms with Crippen molar-refractivity contribution in [3.05, 3.63) is 30.0 Å². The van der Waals surface area contributed by atoms with Crippen molar-refractivity contribution < 1.29 is 9.47 Å². The van der Waals surface area contributed by atoms with Gasteiger partial charge in [0.05, 0.1) is 13.2 Å². The lowest BCUT2D eigenvalue weighted by atomic mass is 10.1. The van der Waals surface area contributed by atoms with Gasteiger partial charge in [0, 0.05) is 30.6 Å². The normalized spacial score (nSPS) is 12.9. The minimum Gasteiger partial charge on any atom is -0.497 e. The van der Waals surface area contributed by atoms with E-state index in [1.54, 1.807) is 14.2 Å². The molecule has 0 fully saturated rings. The summed E-state index contributed by atoms with van der Waals surface area (Å²) < 4.78 is 10.5. The average molecular weight is 219 g/mol. The second kappa shape index (κ2) is 4.58. The van der Waals surface area contributed by atoms with E-state index in [0.29, 0.717) is 0 Å². The van der Waals surface area contributed by atoms with Crippen LogP contribution in [0.2, 0.25) is 0 Å². The van der Waals surface area contributed by atoms with E-state index in [1.165, 1.54) is 10.9 Å². The van der Waals surface area contributed by atoms with Crippen molar-refractivity contribution in [1.82, 2.24) is 4.98 Å². The molecule has 1 N–H and O–H groups in total. The Kier molecular flexibility index (Phi) is 3.15. The lowest BCUT2D eigenvalue weighted by Crippen LogP contribution is -2.07. The van der Waals surface area contributed by atoms with Gasteiger partial charge in [0.1, 0.15) is 5.75 Å². The molecule has 1 aromatic carbocycles. The number of rotatable bonds is 4. The fraction of sp³-hybridized carbons (Fsp3) is 0.385. The lowest BCUT2D eigenvalue weighted by molar-refractivity contribution is 0.119. The van der Waals surface area contributed by atoms with Gasteiger partial charge >= 0.3 is 0 Å². The molecule has 0 aliphatic carbocycles. The summed E-state index contributed by atoms with van der Waals surface area (Å²) in [5, 5.41) is 1.21. The third-order valence-electron chi connectivity index (χ3n) is 2.88. The van der Waals surface area contributed by atoms with Gasteiger partial charge in [0.15, 0.2) is 0 Å². The quantitative estimate of drug-likeness (QED) is 0.858. The number of ether oxygens (including phenoxy) is 2. The largest absolute Gasteiger partial charge is 0.497 e. The Hall–Kier alpha value is -1.48. The Morgan fingerprint density at radius 2 is 2.12 bits per heavy atom. The molecule has 0 bridgehead atoms. The van der Waals surface area contributed by atoms with E-state index in [9.17, 15) is 0 Å². The van der Waals surface area contributed by atoms with Crippen molar-refractivity contribution in [2.75, 3.05) is 14.2 Å². The molecule has 2 rings (SSSR count). The number of H-pyrrole nitrogens is 1. The van der Waals surface area contributed by atoms with Gasteiger partial charge in [-0.1, -0.05) is 0 Å². The standard InChI is InChI=1S/C13H17NO2/c1-9(15-2)6-10-8-14-13-5-4-11(16-3)7-12(10)13/h4-5,7-9,14H,6H2,1-3H3. The summed E-state index contributed by atoms with van der Waals surface area (Å²) in [5.74, 6) is 0.887. The first kappa shape index (κ1) is 11.0. The van der Waals surface area contributed by atoms with E-state index in [0.717, 1.165) is 17.7 Å². The molecule has 3 heteroatoms. The summed E-state index contributed by atoms with van der Waals surface area (Å²) in [6, 6.07) is 6.06. The Bertz CT molecular complexity index is 476. The van der Waals surface area contributed by atoms with Crippen LogP contribution in [0.3, 0.4) is 0 Å². The molecule has 3 nitrogen and oxygen atoms in total. The first-order chi connectivity index (χ1) is 7.74. The smallest absolute Gasteiger partial charge is 0.119 e. The number of aromatic amines is 1. The van der Waals surface area contributed by atoms with Gasteiger partial charge < -0.3 is 14.5 Å². The van der Waals surface area contributed by atoms with Crippen LogP contribution in [0.1, 0.15) is 12.5 Å². The highest BCUT2D eigenvalue weighted by Crippen LogP contribution is 2.24. The minimum atomic E-state index is 0.227. The van der Waals surface area contributed by atoms with Crippen LogP contribution in [-0.2, 0) is 11.2 Å². The molecular formula is C13H17NO2. The number of nitrogens with one attached hydrogen (secondary N) is 1. The Morgan fingerprint density at radius 1 is 1.31 bits per heavy atom. The van der Waals surface area contributed by atoms with Gasteiger partial charge in [0.25, 0.3) is 0 Å². The highest BCUT2D eigenvalue weighted by molar-refractivity contribution is 5.84. The number of benzene rings is 1. The lowest BCUT2D eigenvalue weighted by Gasteiger charge is -2.08. The minimum absolute atomic E-state index is 0.227. The molecule has 1 atom stereocenters. The monoisotopic (exact) mass is 219 g/mol. The third kappa shape index (κ3) is 2.04. The number of fused-ring (bicyclic) bond motifs is 1. The fourth-order valence-corrected chi connectivity index (χ4v) is 1.85. The topological polar surface area (TPSA) is 34.2 Å². The highest BCUT2D eigenvalue weighted by Gasteiger charge is 2.08. The first-order valence-electron chi connectivity index (χ1n) is 5.41. The zero-order valence-electron chi connectivity index (χ0n) is 9.91. The predicted molar refractivity (Wildman–Crippen MR) is 65.0 cm³/mol. The molecular weight excluding hydrogens is 202 g/mol. The van der Waals surface area contributed by atoms with Gasteiger partial charge in [-0.05, 0) is 30.7 Å². The van der Waals surface area contributed by atoms with E-state index in [1.807, 2.05) is 18.3 Å². The molecule has 0 saturated carbocycles. The molecule has 0 aliphatic rings. The van der Waals surface area contributed by atoms with Crippen molar-refractivity contribution in [2.45, 2.75) is 19.4 Å². The SMILES string of the molecule is COc1ccc2[nH]cc(CC(C)OC)c2c1. The molecule has 2 aromatic rings. The summed E-state index contributed by atoms with van der Waals surface area (Å²) >= 11 is 0. The molecule has 86 valence electrons. The summed E-state index contributed by atoms with van der Waals surface area (Å²) in [5.41, 5.74) is 2.40. The molecule has 0 aliphatic heterocycles. The Balaban J connectivity index is 2.38. The van der Waals surface area contributed by atoms with Gasteiger partial charge in [-0.15, -0.1) is 0 Å². The second-order valence-corrected chi connectivity index (χ2v) is 3.98. The number of hydrogen-bond acceptors (Lipinski definition) is 2. The van der Waals surface area contributed by atoms with Crippen LogP contribution < -0.4 is 4.74 Å². The maximum absolute atomic E-state index is 5.28. The second-order valence-electron chi connectivity index (χ2n) is 3.98. The van der Waals surface area contributed by atoms with Gasteiger partial charge in [-0.25, -0.2) is 0 Å². The van der Waals surface area contributed by atoms with Crippen molar-refractivity contribution in [2.24, 2.45) is 0 Å². The first-order valence-corrected chi connectivity index (χ1v) is 5.41. The van der Waals surface area contributed by atoms with Crippen molar-refractivity contribution in [1.29, 1.82) is 0 Å². The Labute approximate surface area is 95.4 Å². The maximum Gasteiger partial charge on any atom is 0.119 e. The molecule has 1 unspecified atom stereocenters. The molecule has 1 heterocycles. The van der Waals surface area contributed by atoms with Gasteiger partial charge in [0.2, 0.25) is 0 Å². The zero-order chi connectivity index (χ0) is 11.5. The summed E-state index contributed by atoms with van der Waals surface area (Å²) in [4.78, 5) is 3.26. The molecule has 0 amide bonds. The predicted octanol–water partition coefficient (Wildman–Crippen LogP) is 2.75. The average Bonchev–Trinajstić information content (AvgIpc) is 2.71. The van der Waals surface area contributed by atoms with Crippen LogP contribution in [-0.4, -0.2) is 25.3 Å². The molecule has 16 heavy (non-hydrogen) atoms. The van der Waals surface area contributed by atoms with Gasteiger partial charge in [-0.2, -0.15) is 0 Å². The molecule has 1 aromatic heterocycles. The van der Waals surface area contributed by atoms with Crippen LogP contribution in [0.25, 0.3) is 10.9 Å². The van der Waals surface area contributed by atoms with E-state index in [-0.39, 0.29) is 6.10 Å². The molecule has 0 radical (unpaired) electrons. The number of methoxy groups -OCH3 is 2. The summed E-state index contributed by atoms with van der Waals surface area (Å²) in [7, 11) is 3.42.